The molecular weight excluding hydrogens is 442 g/mol. The van der Waals surface area contributed by atoms with Gasteiger partial charge >= 0.3 is 12.3 Å². The van der Waals surface area contributed by atoms with Crippen LogP contribution in [0.1, 0.15) is 37.5 Å². The van der Waals surface area contributed by atoms with Gasteiger partial charge in [0, 0.05) is 16.1 Å². The van der Waals surface area contributed by atoms with E-state index in [2.05, 4.69) is 0 Å². The summed E-state index contributed by atoms with van der Waals surface area (Å²) in [5.41, 5.74) is -6.66. The maximum absolute atomic E-state index is 16.5. The molecule has 2 aromatic rings. The van der Waals surface area contributed by atoms with Gasteiger partial charge in [-0.05, 0) is 51.1 Å². The second-order valence-corrected chi connectivity index (χ2v) is 8.29. The lowest BCUT2D eigenvalue weighted by molar-refractivity contribution is -0.137. The number of anilines is 1. The third-order valence-electron chi connectivity index (χ3n) is 4.54. The van der Waals surface area contributed by atoms with Crippen LogP contribution in [0.2, 0.25) is 5.02 Å². The number of hydrogen-bond acceptors (Lipinski definition) is 4. The summed E-state index contributed by atoms with van der Waals surface area (Å²) in [6, 6.07) is 5.82. The Morgan fingerprint density at radius 1 is 1.06 bits per heavy atom. The molecule has 2 aromatic carbocycles. The Hall–Kier alpha value is -2.81. The van der Waals surface area contributed by atoms with Crippen LogP contribution in [0.25, 0.3) is 0 Å². The van der Waals surface area contributed by atoms with Crippen molar-refractivity contribution >= 4 is 29.3 Å². The van der Waals surface area contributed by atoms with E-state index in [1.165, 1.54) is 40.0 Å². The van der Waals surface area contributed by atoms with Gasteiger partial charge in [-0.3, -0.25) is 4.79 Å². The molecule has 1 aliphatic heterocycles. The third kappa shape index (κ3) is 3.94. The summed E-state index contributed by atoms with van der Waals surface area (Å²) in [6.45, 7) is 4.50. The van der Waals surface area contributed by atoms with Gasteiger partial charge in [0.2, 0.25) is 5.67 Å². The van der Waals surface area contributed by atoms with Crippen molar-refractivity contribution in [3.8, 4) is 5.75 Å². The fourth-order valence-electron chi connectivity index (χ4n) is 3.26. The van der Waals surface area contributed by atoms with Gasteiger partial charge in [-0.2, -0.15) is 13.2 Å². The van der Waals surface area contributed by atoms with E-state index in [0.29, 0.717) is 12.1 Å². The van der Waals surface area contributed by atoms with Crippen LogP contribution in [-0.2, 0) is 21.4 Å². The first kappa shape index (κ1) is 22.9. The normalized spacial score (nSPS) is 18.7. The highest BCUT2D eigenvalue weighted by molar-refractivity contribution is 6.31. The van der Waals surface area contributed by atoms with E-state index in [1.807, 2.05) is 0 Å². The van der Waals surface area contributed by atoms with Gasteiger partial charge < -0.3 is 9.47 Å². The van der Waals surface area contributed by atoms with Gasteiger partial charge in [0.25, 0.3) is 5.91 Å². The van der Waals surface area contributed by atoms with Crippen LogP contribution in [0.3, 0.4) is 0 Å². The van der Waals surface area contributed by atoms with Gasteiger partial charge in [-0.25, -0.2) is 14.1 Å². The Morgan fingerprint density at radius 3 is 2.26 bits per heavy atom. The largest absolute Gasteiger partial charge is 0.496 e. The molecule has 0 spiro atoms. The molecule has 0 saturated carbocycles. The number of nitrogens with zero attached hydrogens (tertiary/aromatic N) is 1. The molecule has 2 amide bonds. The predicted molar refractivity (Wildman–Crippen MR) is 105 cm³/mol. The number of rotatable bonds is 2. The number of amides is 2. The number of ether oxygens (including phenoxy) is 2. The quantitative estimate of drug-likeness (QED) is 0.528. The molecule has 1 aliphatic rings. The molecule has 0 aromatic heterocycles. The zero-order valence-electron chi connectivity index (χ0n) is 16.9. The summed E-state index contributed by atoms with van der Waals surface area (Å²) in [7, 11) is 1.23. The Morgan fingerprint density at radius 2 is 1.71 bits per heavy atom. The highest BCUT2D eigenvalue weighted by Crippen LogP contribution is 2.51. The summed E-state index contributed by atoms with van der Waals surface area (Å²) in [5, 5.41) is 0.0600. The molecule has 0 N–H and O–H groups in total. The molecule has 5 nitrogen and oxygen atoms in total. The van der Waals surface area contributed by atoms with Gasteiger partial charge in [0.1, 0.15) is 11.4 Å². The molecule has 1 heterocycles. The Balaban J connectivity index is 2.29. The van der Waals surface area contributed by atoms with Crippen molar-refractivity contribution in [2.24, 2.45) is 0 Å². The minimum atomic E-state index is -4.78. The van der Waals surface area contributed by atoms with Crippen molar-refractivity contribution in [3.63, 3.8) is 0 Å². The molecule has 1 atom stereocenters. The summed E-state index contributed by atoms with van der Waals surface area (Å²) in [5.74, 6) is -1.51. The smallest absolute Gasteiger partial charge is 0.421 e. The first-order chi connectivity index (χ1) is 14.2. The summed E-state index contributed by atoms with van der Waals surface area (Å²) in [6.07, 6.45) is -6.09. The topological polar surface area (TPSA) is 55.8 Å². The third-order valence-corrected chi connectivity index (χ3v) is 4.78. The second kappa shape index (κ2) is 7.40. The maximum Gasteiger partial charge on any atom is 0.421 e. The Bertz CT molecular complexity index is 1060. The molecule has 0 saturated heterocycles. The van der Waals surface area contributed by atoms with Crippen molar-refractivity contribution in [1.29, 1.82) is 0 Å². The first-order valence-corrected chi connectivity index (χ1v) is 9.40. The van der Waals surface area contributed by atoms with Crippen molar-refractivity contribution in [2.45, 2.75) is 38.2 Å². The highest BCUT2D eigenvalue weighted by Gasteiger charge is 2.58. The molecular formula is C21H18ClF4NO4. The number of alkyl halides is 4. The Labute approximate surface area is 180 Å². The van der Waals surface area contributed by atoms with Gasteiger partial charge in [-0.15, -0.1) is 0 Å². The zero-order valence-corrected chi connectivity index (χ0v) is 17.7. The van der Waals surface area contributed by atoms with Crippen molar-refractivity contribution in [1.82, 2.24) is 0 Å². The van der Waals surface area contributed by atoms with E-state index in [0.717, 1.165) is 12.1 Å². The summed E-state index contributed by atoms with van der Waals surface area (Å²) in [4.78, 5) is 26.2. The monoisotopic (exact) mass is 459 g/mol. The SMILES string of the molecule is COc1ccc(Cl)cc1[C@@]1(F)C(=O)N(C(=O)OC(C)(C)C)c2cc(C(F)(F)F)ccc21. The predicted octanol–water partition coefficient (Wildman–Crippen LogP) is 5.86. The van der Waals surface area contributed by atoms with E-state index in [1.54, 1.807) is 0 Å². The summed E-state index contributed by atoms with van der Waals surface area (Å²) >= 11 is 5.97. The maximum atomic E-state index is 16.5. The van der Waals surface area contributed by atoms with E-state index < -0.39 is 46.3 Å². The van der Waals surface area contributed by atoms with Crippen LogP contribution in [0.4, 0.5) is 28.0 Å². The molecule has 0 bridgehead atoms. The van der Waals surface area contributed by atoms with E-state index in [9.17, 15) is 22.8 Å². The average Bonchev–Trinajstić information content (AvgIpc) is 2.87. The van der Waals surface area contributed by atoms with E-state index in [-0.39, 0.29) is 21.2 Å². The number of benzene rings is 2. The molecule has 10 heteroatoms. The van der Waals surface area contributed by atoms with E-state index >= 15 is 4.39 Å². The average molecular weight is 460 g/mol. The lowest BCUT2D eigenvalue weighted by Crippen LogP contribution is -2.44. The molecule has 31 heavy (non-hydrogen) atoms. The van der Waals surface area contributed by atoms with Crippen molar-refractivity contribution in [2.75, 3.05) is 12.0 Å². The molecule has 0 fully saturated rings. The van der Waals surface area contributed by atoms with Gasteiger partial charge in [0.05, 0.1) is 18.4 Å². The number of carbonyl (C=O) groups excluding carboxylic acids is 2. The number of hydrogen-bond donors (Lipinski definition) is 0. The molecule has 0 aliphatic carbocycles. The van der Waals surface area contributed by atoms with E-state index in [4.69, 9.17) is 21.1 Å². The van der Waals surface area contributed by atoms with Gasteiger partial charge in [0.15, 0.2) is 0 Å². The minimum Gasteiger partial charge on any atom is -0.496 e. The Kier molecular flexibility index (Phi) is 5.46. The van der Waals surface area contributed by atoms with Crippen LogP contribution in [-0.4, -0.2) is 24.7 Å². The van der Waals surface area contributed by atoms with Crippen LogP contribution in [0.15, 0.2) is 36.4 Å². The molecule has 0 radical (unpaired) electrons. The fourth-order valence-corrected chi connectivity index (χ4v) is 3.43. The lowest BCUT2D eigenvalue weighted by Gasteiger charge is -2.25. The number of carbonyl (C=O) groups is 2. The number of imide groups is 1. The number of halogens is 5. The van der Waals surface area contributed by atoms with Crippen LogP contribution >= 0.6 is 11.6 Å². The van der Waals surface area contributed by atoms with Crippen molar-refractivity contribution in [3.05, 3.63) is 58.1 Å². The van der Waals surface area contributed by atoms with Crippen LogP contribution < -0.4 is 9.64 Å². The van der Waals surface area contributed by atoms with Crippen LogP contribution in [0.5, 0.6) is 5.75 Å². The van der Waals surface area contributed by atoms with Gasteiger partial charge in [-0.1, -0.05) is 17.7 Å². The molecule has 166 valence electrons. The molecule has 3 rings (SSSR count). The summed E-state index contributed by atoms with van der Waals surface area (Å²) < 4.78 is 66.7. The zero-order chi connectivity index (χ0) is 23.4. The minimum absolute atomic E-state index is 0.0600. The second-order valence-electron chi connectivity index (χ2n) is 7.85. The number of methoxy groups -OCH3 is 1. The van der Waals surface area contributed by atoms with Crippen LogP contribution in [0, 0.1) is 0 Å². The highest BCUT2D eigenvalue weighted by atomic mass is 35.5. The van der Waals surface area contributed by atoms with Crippen molar-refractivity contribution < 1.29 is 36.6 Å². The fraction of sp³-hybridized carbons (Fsp3) is 0.333. The standard InChI is InChI=1S/C21H18ClF4NO4/c1-19(2,3)31-18(29)27-15-9-11(21(24,25)26)5-7-13(15)20(23,17(27)28)14-10-12(22)6-8-16(14)30-4/h5-10H,1-4H3/t20-/m1/s1. The first-order valence-electron chi connectivity index (χ1n) is 9.02. The number of fused-ring (bicyclic) bond motifs is 1. The molecule has 0 unspecified atom stereocenters. The lowest BCUT2D eigenvalue weighted by atomic mass is 9.88.